The summed E-state index contributed by atoms with van der Waals surface area (Å²) in [7, 11) is 0. The summed E-state index contributed by atoms with van der Waals surface area (Å²) < 4.78 is 5.83. The van der Waals surface area contributed by atoms with Crippen LogP contribution in [0, 0.1) is 0 Å². The first-order valence-corrected chi connectivity index (χ1v) is 5.95. The second kappa shape index (κ2) is 6.45. The lowest BCUT2D eigenvalue weighted by atomic mass is 10.2. The van der Waals surface area contributed by atoms with Gasteiger partial charge in [0.15, 0.2) is 0 Å². The van der Waals surface area contributed by atoms with Gasteiger partial charge in [-0.1, -0.05) is 73.3 Å². The fourth-order valence-electron chi connectivity index (χ4n) is 1.66. The standard InChI is InChI=1S/C17H16O/c1-2-3-11-16-12-7-8-13-17(16)18-14-15-9-5-4-6-10-15/h2-13H,1,14H2. The number of benzene rings is 2. The van der Waals surface area contributed by atoms with Crippen molar-refractivity contribution in [3.8, 4) is 5.75 Å². The molecule has 1 heteroatoms. The van der Waals surface area contributed by atoms with Crippen LogP contribution < -0.4 is 4.74 Å². The van der Waals surface area contributed by atoms with Gasteiger partial charge in [0.25, 0.3) is 0 Å². The molecule has 0 amide bonds. The third kappa shape index (κ3) is 3.36. The average Bonchev–Trinajstić information content (AvgIpc) is 2.45. The molecule has 90 valence electrons. The molecule has 2 rings (SSSR count). The van der Waals surface area contributed by atoms with E-state index in [0.29, 0.717) is 6.61 Å². The summed E-state index contributed by atoms with van der Waals surface area (Å²) in [6.07, 6.45) is 5.66. The molecule has 18 heavy (non-hydrogen) atoms. The van der Waals surface area contributed by atoms with E-state index >= 15 is 0 Å². The highest BCUT2D eigenvalue weighted by Gasteiger charge is 1.99. The van der Waals surface area contributed by atoms with Crippen molar-refractivity contribution in [3.05, 3.63) is 84.5 Å². The van der Waals surface area contributed by atoms with Crippen LogP contribution in [0.1, 0.15) is 11.1 Å². The van der Waals surface area contributed by atoms with Gasteiger partial charge in [-0.2, -0.15) is 0 Å². The fraction of sp³-hybridized carbons (Fsp3) is 0.0588. The SMILES string of the molecule is C=CC=Cc1ccccc1OCc1ccccc1. The van der Waals surface area contributed by atoms with E-state index in [2.05, 4.69) is 18.7 Å². The molecule has 1 nitrogen and oxygen atoms in total. The largest absolute Gasteiger partial charge is 0.488 e. The molecule has 2 aromatic rings. The van der Waals surface area contributed by atoms with Crippen molar-refractivity contribution in [2.24, 2.45) is 0 Å². The van der Waals surface area contributed by atoms with Crippen LogP contribution in [0.2, 0.25) is 0 Å². The van der Waals surface area contributed by atoms with E-state index in [0.717, 1.165) is 11.3 Å². The summed E-state index contributed by atoms with van der Waals surface area (Å²) in [6.45, 7) is 4.25. The molecule has 2 aromatic carbocycles. The van der Waals surface area contributed by atoms with Crippen LogP contribution in [0.15, 0.2) is 73.3 Å². The maximum absolute atomic E-state index is 5.83. The second-order valence-electron chi connectivity index (χ2n) is 3.91. The molecule has 0 fully saturated rings. The Morgan fingerprint density at radius 3 is 2.44 bits per heavy atom. The monoisotopic (exact) mass is 236 g/mol. The molecule has 0 N–H and O–H groups in total. The van der Waals surface area contributed by atoms with Gasteiger partial charge < -0.3 is 4.74 Å². The Kier molecular flexibility index (Phi) is 4.37. The number of rotatable bonds is 5. The zero-order valence-corrected chi connectivity index (χ0v) is 10.3. The van der Waals surface area contributed by atoms with E-state index in [1.54, 1.807) is 6.08 Å². The molecule has 0 spiro atoms. The van der Waals surface area contributed by atoms with Crippen LogP contribution in [-0.4, -0.2) is 0 Å². The number of para-hydroxylation sites is 1. The van der Waals surface area contributed by atoms with Gasteiger partial charge in [-0.15, -0.1) is 0 Å². The van der Waals surface area contributed by atoms with Crippen LogP contribution >= 0.6 is 0 Å². The van der Waals surface area contributed by atoms with Crippen molar-refractivity contribution in [3.63, 3.8) is 0 Å². The van der Waals surface area contributed by atoms with Crippen molar-refractivity contribution in [2.45, 2.75) is 6.61 Å². The van der Waals surface area contributed by atoms with E-state index in [-0.39, 0.29) is 0 Å². The Hall–Kier alpha value is -2.28. The molecule has 0 aliphatic heterocycles. The summed E-state index contributed by atoms with van der Waals surface area (Å²) in [5.74, 6) is 0.888. The maximum atomic E-state index is 5.83. The Balaban J connectivity index is 2.09. The summed E-state index contributed by atoms with van der Waals surface area (Å²) in [5, 5.41) is 0. The van der Waals surface area contributed by atoms with Gasteiger partial charge in [-0.05, 0) is 11.6 Å². The highest BCUT2D eigenvalue weighted by atomic mass is 16.5. The molecule has 0 aromatic heterocycles. The smallest absolute Gasteiger partial charge is 0.127 e. The molecule has 0 aliphatic carbocycles. The van der Waals surface area contributed by atoms with E-state index in [9.17, 15) is 0 Å². The van der Waals surface area contributed by atoms with Gasteiger partial charge in [0.1, 0.15) is 12.4 Å². The lowest BCUT2D eigenvalue weighted by Crippen LogP contribution is -1.96. The summed E-state index contributed by atoms with van der Waals surface area (Å²) >= 11 is 0. The summed E-state index contributed by atoms with van der Waals surface area (Å²) in [5.41, 5.74) is 2.23. The lowest BCUT2D eigenvalue weighted by molar-refractivity contribution is 0.305. The van der Waals surface area contributed by atoms with Gasteiger partial charge in [-0.25, -0.2) is 0 Å². The van der Waals surface area contributed by atoms with Crippen molar-refractivity contribution >= 4 is 6.08 Å². The van der Waals surface area contributed by atoms with Crippen molar-refractivity contribution in [1.82, 2.24) is 0 Å². The number of allylic oxidation sites excluding steroid dienone is 2. The molecule has 0 radical (unpaired) electrons. The molecule has 0 bridgehead atoms. The molecular formula is C17H16O. The van der Waals surface area contributed by atoms with E-state index < -0.39 is 0 Å². The predicted molar refractivity (Wildman–Crippen MR) is 76.4 cm³/mol. The fourth-order valence-corrected chi connectivity index (χ4v) is 1.66. The van der Waals surface area contributed by atoms with E-state index in [1.807, 2.05) is 54.6 Å². The summed E-state index contributed by atoms with van der Waals surface area (Å²) in [4.78, 5) is 0. The third-order valence-corrected chi connectivity index (χ3v) is 2.57. The predicted octanol–water partition coefficient (Wildman–Crippen LogP) is 4.46. The Morgan fingerprint density at radius 1 is 0.944 bits per heavy atom. The Bertz CT molecular complexity index is 526. The molecular weight excluding hydrogens is 220 g/mol. The first-order valence-electron chi connectivity index (χ1n) is 5.95. The topological polar surface area (TPSA) is 9.23 Å². The highest BCUT2D eigenvalue weighted by molar-refractivity contribution is 5.58. The zero-order chi connectivity index (χ0) is 12.6. The third-order valence-electron chi connectivity index (χ3n) is 2.57. The van der Waals surface area contributed by atoms with E-state index in [1.165, 1.54) is 5.56 Å². The first-order chi connectivity index (χ1) is 8.90. The van der Waals surface area contributed by atoms with Crippen LogP contribution in [0.5, 0.6) is 5.75 Å². The highest BCUT2D eigenvalue weighted by Crippen LogP contribution is 2.20. The first kappa shape index (κ1) is 12.2. The Labute approximate surface area is 108 Å². The minimum Gasteiger partial charge on any atom is -0.488 e. The number of ether oxygens (including phenoxy) is 1. The van der Waals surface area contributed by atoms with Gasteiger partial charge in [0.05, 0.1) is 0 Å². The van der Waals surface area contributed by atoms with Crippen LogP contribution in [0.25, 0.3) is 6.08 Å². The number of hydrogen-bond donors (Lipinski definition) is 0. The van der Waals surface area contributed by atoms with Crippen molar-refractivity contribution < 1.29 is 4.74 Å². The van der Waals surface area contributed by atoms with Crippen molar-refractivity contribution in [2.75, 3.05) is 0 Å². The average molecular weight is 236 g/mol. The minimum absolute atomic E-state index is 0.583. The maximum Gasteiger partial charge on any atom is 0.127 e. The van der Waals surface area contributed by atoms with Crippen molar-refractivity contribution in [1.29, 1.82) is 0 Å². The molecule has 0 heterocycles. The molecule has 0 saturated carbocycles. The van der Waals surface area contributed by atoms with E-state index in [4.69, 9.17) is 4.74 Å². The van der Waals surface area contributed by atoms with Crippen LogP contribution in [-0.2, 0) is 6.61 Å². The van der Waals surface area contributed by atoms with Gasteiger partial charge in [-0.3, -0.25) is 0 Å². The van der Waals surface area contributed by atoms with Gasteiger partial charge >= 0.3 is 0 Å². The molecule has 0 atom stereocenters. The zero-order valence-electron chi connectivity index (χ0n) is 10.3. The Morgan fingerprint density at radius 2 is 1.67 bits per heavy atom. The van der Waals surface area contributed by atoms with Gasteiger partial charge in [0.2, 0.25) is 0 Å². The molecule has 0 saturated heterocycles. The lowest BCUT2D eigenvalue weighted by Gasteiger charge is -2.09. The number of hydrogen-bond acceptors (Lipinski definition) is 1. The quantitative estimate of drug-likeness (QED) is 0.696. The molecule has 0 aliphatic rings. The molecule has 0 unspecified atom stereocenters. The summed E-state index contributed by atoms with van der Waals surface area (Å²) in [6, 6.07) is 18.1. The van der Waals surface area contributed by atoms with Gasteiger partial charge in [0, 0.05) is 5.56 Å². The van der Waals surface area contributed by atoms with Crippen LogP contribution in [0.3, 0.4) is 0 Å². The second-order valence-corrected chi connectivity index (χ2v) is 3.91. The van der Waals surface area contributed by atoms with Crippen LogP contribution in [0.4, 0.5) is 0 Å². The normalized spacial score (nSPS) is 10.4. The minimum atomic E-state index is 0.583.